The van der Waals surface area contributed by atoms with Crippen molar-refractivity contribution in [3.05, 3.63) is 92.6 Å². The van der Waals surface area contributed by atoms with Crippen LogP contribution in [0, 0.1) is 0 Å². The molecular formula is C41H43LiN4O11. The Labute approximate surface area is 340 Å². The van der Waals surface area contributed by atoms with Gasteiger partial charge in [-0.15, -0.1) is 0 Å². The van der Waals surface area contributed by atoms with Gasteiger partial charge < -0.3 is 45.2 Å². The van der Waals surface area contributed by atoms with Gasteiger partial charge in [0, 0.05) is 59.3 Å². The van der Waals surface area contributed by atoms with Gasteiger partial charge >= 0.3 is 30.8 Å². The molecule has 2 aromatic carbocycles. The molecule has 2 amide bonds. The predicted octanol–water partition coefficient (Wildman–Crippen LogP) is 2.35. The van der Waals surface area contributed by atoms with Crippen molar-refractivity contribution in [2.24, 2.45) is 0 Å². The number of aliphatic carboxylic acids is 1. The second kappa shape index (κ2) is 18.5. The molecule has 4 aliphatic carbocycles. The fourth-order valence-electron chi connectivity index (χ4n) is 7.83. The largest absolute Gasteiger partial charge is 1.00 e. The number of amides is 2. The summed E-state index contributed by atoms with van der Waals surface area (Å²) < 4.78 is 15.8. The van der Waals surface area contributed by atoms with Crippen molar-refractivity contribution in [3.63, 3.8) is 0 Å². The van der Waals surface area contributed by atoms with Gasteiger partial charge in [0.25, 0.3) is 0 Å². The van der Waals surface area contributed by atoms with Crippen LogP contribution in [0.2, 0.25) is 0 Å². The number of nitrogens with zero attached hydrogens (tertiary/aromatic N) is 2. The number of allylic oxidation sites excluding steroid dienone is 2. The van der Waals surface area contributed by atoms with E-state index in [0.717, 1.165) is 89.1 Å². The van der Waals surface area contributed by atoms with Crippen LogP contribution in [0.25, 0.3) is 22.6 Å². The van der Waals surface area contributed by atoms with Gasteiger partial charge in [-0.25, -0.2) is 9.59 Å². The quantitative estimate of drug-likeness (QED) is 0.115. The summed E-state index contributed by atoms with van der Waals surface area (Å²) in [5.74, 6) is 0.226. The number of aromatic hydroxyl groups is 2. The van der Waals surface area contributed by atoms with Gasteiger partial charge in [-0.1, -0.05) is 10.3 Å². The molecule has 8 rings (SSSR count). The third-order valence-corrected chi connectivity index (χ3v) is 10.6. The van der Waals surface area contributed by atoms with Crippen LogP contribution in [0.1, 0.15) is 85.0 Å². The average molecular weight is 775 g/mol. The maximum Gasteiger partial charge on any atom is 1.00 e. The van der Waals surface area contributed by atoms with E-state index in [1.165, 1.54) is 7.11 Å². The molecule has 0 saturated heterocycles. The molecule has 0 atom stereocenters. The number of hydrogen-bond donors (Lipinski definition) is 5. The van der Waals surface area contributed by atoms with E-state index in [-0.39, 0.29) is 66.5 Å². The number of carboxylic acid groups (broad SMARTS) is 1. The Morgan fingerprint density at radius 1 is 0.684 bits per heavy atom. The van der Waals surface area contributed by atoms with E-state index in [4.69, 9.17) is 18.9 Å². The average Bonchev–Trinajstić information content (AvgIpc) is 4.00. The number of carboxylic acids is 1. The summed E-state index contributed by atoms with van der Waals surface area (Å²) in [4.78, 5) is 47.5. The Bertz CT molecular complexity index is 2250. The first kappa shape index (κ1) is 42.5. The third kappa shape index (κ3) is 9.34. The van der Waals surface area contributed by atoms with Crippen LogP contribution < -0.4 is 29.5 Å². The second-order valence-electron chi connectivity index (χ2n) is 14.1. The Kier molecular flexibility index (Phi) is 13.8. The van der Waals surface area contributed by atoms with Gasteiger partial charge in [-0.05, 0) is 112 Å². The number of carbonyl (C=O) groups excluding carboxylic acids is 3. The molecule has 0 saturated carbocycles. The molecule has 0 spiro atoms. The Balaban J connectivity index is 0.000000210. The molecule has 4 aliphatic rings. The van der Waals surface area contributed by atoms with Gasteiger partial charge in [0.2, 0.25) is 11.8 Å². The van der Waals surface area contributed by atoms with Crippen LogP contribution in [-0.4, -0.2) is 62.0 Å². The summed E-state index contributed by atoms with van der Waals surface area (Å²) in [5.41, 5.74) is 9.60. The normalized spacial score (nSPS) is 14.8. The number of hydrogen-bond acceptors (Lipinski definition) is 12. The summed E-state index contributed by atoms with van der Waals surface area (Å²) >= 11 is 0. The number of carbonyl (C=O) groups is 4. The van der Waals surface area contributed by atoms with E-state index in [2.05, 4.69) is 20.9 Å². The van der Waals surface area contributed by atoms with Crippen molar-refractivity contribution in [2.45, 2.75) is 89.9 Å². The standard InChI is InChI=1S/C21H22N2O5.C20H20N2O5.Li.H2O/c1-27-21(26)16-3-2-4-17(16)22-19(25)10-9-18-15-7-5-12-11-13(24)6-8-14(12)20(15)28-23-18;23-12-5-7-13-11(10-12)4-6-14-17(22-27-19(13)14)8-9-18(24)21-16-3-1-2-15(16)20(25)26;;/h6,8,11,24H,2-5,7,9-10H2,1H3,(H,22,25);5,7,10,23H,1-4,6,8-9H2,(H,21,24)(H,25,26);;1H2/q;;+1;/p-1. The van der Waals surface area contributed by atoms with Crippen molar-refractivity contribution >= 4 is 23.8 Å². The Morgan fingerprint density at radius 2 is 1.14 bits per heavy atom. The third-order valence-electron chi connectivity index (χ3n) is 10.6. The number of benzene rings is 2. The minimum atomic E-state index is -0.960. The number of esters is 1. The minimum Gasteiger partial charge on any atom is -0.870 e. The first-order chi connectivity index (χ1) is 26.6. The van der Waals surface area contributed by atoms with E-state index in [9.17, 15) is 29.4 Å². The number of phenols is 2. The fourth-order valence-corrected chi connectivity index (χ4v) is 7.83. The smallest absolute Gasteiger partial charge is 0.870 e. The zero-order chi connectivity index (χ0) is 38.6. The Morgan fingerprint density at radius 3 is 1.60 bits per heavy atom. The maximum absolute atomic E-state index is 12.4. The first-order valence-electron chi connectivity index (χ1n) is 18.5. The maximum atomic E-state index is 12.4. The van der Waals surface area contributed by atoms with Crippen molar-refractivity contribution in [1.29, 1.82) is 0 Å². The van der Waals surface area contributed by atoms with Gasteiger partial charge in [0.1, 0.15) is 11.5 Å². The zero-order valence-corrected chi connectivity index (χ0v) is 31.9. The van der Waals surface area contributed by atoms with E-state index >= 15 is 0 Å². The number of nitrogens with one attached hydrogen (secondary N) is 2. The second-order valence-corrected chi connectivity index (χ2v) is 14.1. The summed E-state index contributed by atoms with van der Waals surface area (Å²) in [7, 11) is 1.35. The number of aromatic nitrogens is 2. The molecule has 0 aliphatic heterocycles. The molecule has 0 radical (unpaired) electrons. The summed E-state index contributed by atoms with van der Waals surface area (Å²) in [5, 5.41) is 42.4. The minimum absolute atomic E-state index is 0. The number of phenolic OH excluding ortho intramolecular Hbond substituents is 2. The topological polar surface area (TPSA) is 244 Å². The van der Waals surface area contributed by atoms with Crippen molar-refractivity contribution in [3.8, 4) is 34.1 Å². The van der Waals surface area contributed by atoms with Gasteiger partial charge in [-0.3, -0.25) is 9.59 Å². The molecule has 2 aromatic heterocycles. The van der Waals surface area contributed by atoms with Gasteiger partial charge in [-0.2, -0.15) is 0 Å². The SMILES string of the molecule is COC(=O)C1=C(NC(=O)CCc2noc3c2CCc2cc(O)ccc2-3)CCC1.O=C(CCc1noc2c1CCc1cc(O)ccc1-2)NC1=C(C(=O)O)CCC1.[Li+].[OH-]. The monoisotopic (exact) mass is 774 g/mol. The number of fused-ring (bicyclic) bond motifs is 6. The van der Waals surface area contributed by atoms with Crippen LogP contribution in [0.5, 0.6) is 11.5 Å². The van der Waals surface area contributed by atoms with Crippen LogP contribution >= 0.6 is 0 Å². The number of ether oxygens (including phenoxy) is 1. The molecule has 16 heteroatoms. The van der Waals surface area contributed by atoms with Crippen LogP contribution in [0.3, 0.4) is 0 Å². The van der Waals surface area contributed by atoms with E-state index in [0.29, 0.717) is 66.8 Å². The van der Waals surface area contributed by atoms with E-state index in [1.807, 2.05) is 12.1 Å². The van der Waals surface area contributed by atoms with Gasteiger partial charge in [0.15, 0.2) is 11.5 Å². The van der Waals surface area contributed by atoms with E-state index in [1.54, 1.807) is 24.3 Å². The summed E-state index contributed by atoms with van der Waals surface area (Å²) in [6.45, 7) is 0. The van der Waals surface area contributed by atoms with E-state index < -0.39 is 5.97 Å². The molecule has 4 aromatic rings. The summed E-state index contributed by atoms with van der Waals surface area (Å²) in [6.07, 6.45) is 8.49. The van der Waals surface area contributed by atoms with Crippen LogP contribution in [0.4, 0.5) is 0 Å². The fraction of sp³-hybridized carbons (Fsp3) is 0.366. The predicted molar refractivity (Wildman–Crippen MR) is 198 cm³/mol. The van der Waals surface area contributed by atoms with Gasteiger partial charge in [0.05, 0.1) is 29.6 Å². The Hall–Kier alpha value is -5.62. The molecule has 294 valence electrons. The molecule has 2 heterocycles. The molecular weight excluding hydrogens is 731 g/mol. The molecule has 0 bridgehead atoms. The molecule has 57 heavy (non-hydrogen) atoms. The molecule has 15 nitrogen and oxygen atoms in total. The first-order valence-corrected chi connectivity index (χ1v) is 18.5. The van der Waals surface area contributed by atoms with Crippen LogP contribution in [-0.2, 0) is 62.4 Å². The summed E-state index contributed by atoms with van der Waals surface area (Å²) in [6, 6.07) is 10.4. The van der Waals surface area contributed by atoms with Crippen molar-refractivity contribution < 1.29 is 72.6 Å². The molecule has 6 N–H and O–H groups in total. The van der Waals surface area contributed by atoms with Crippen molar-refractivity contribution in [1.82, 2.24) is 20.9 Å². The van der Waals surface area contributed by atoms with Crippen LogP contribution in [0.15, 0.2) is 68.0 Å². The zero-order valence-electron chi connectivity index (χ0n) is 31.9. The van der Waals surface area contributed by atoms with Crippen molar-refractivity contribution in [2.75, 3.05) is 7.11 Å². The molecule has 0 unspecified atom stereocenters. The number of rotatable bonds is 10. The molecule has 0 fully saturated rings. The number of aryl methyl sites for hydroxylation is 4. The number of methoxy groups -OCH3 is 1.